The van der Waals surface area contributed by atoms with E-state index in [0.717, 1.165) is 17.8 Å². The average Bonchev–Trinajstić information content (AvgIpc) is 2.78. The van der Waals surface area contributed by atoms with Crippen LogP contribution in [0.25, 0.3) is 10.1 Å². The van der Waals surface area contributed by atoms with Crippen LogP contribution in [0, 0.1) is 11.7 Å². The summed E-state index contributed by atoms with van der Waals surface area (Å²) in [5.41, 5.74) is 0.639. The lowest BCUT2D eigenvalue weighted by molar-refractivity contribution is 0.0942. The van der Waals surface area contributed by atoms with Gasteiger partial charge in [0.1, 0.15) is 5.82 Å². The maximum Gasteiger partial charge on any atom is 0.261 e. The van der Waals surface area contributed by atoms with Gasteiger partial charge >= 0.3 is 0 Å². The number of thiophene rings is 1. The minimum atomic E-state index is -0.307. The minimum Gasteiger partial charge on any atom is -0.380 e. The normalized spacial score (nSPS) is 15.1. The summed E-state index contributed by atoms with van der Waals surface area (Å²) in [6, 6.07) is 4.90. The van der Waals surface area contributed by atoms with Crippen LogP contribution in [0.1, 0.15) is 15.2 Å². The monoisotopic (exact) mass is 308 g/mol. The molecule has 2 heterocycles. The lowest BCUT2D eigenvalue weighted by Crippen LogP contribution is -2.48. The summed E-state index contributed by atoms with van der Waals surface area (Å²) < 4.78 is 20.0. The Morgan fingerprint density at radius 1 is 1.52 bits per heavy atom. The number of amides is 1. The molecule has 21 heavy (non-hydrogen) atoms. The molecular formula is C15H17FN2O2S. The van der Waals surface area contributed by atoms with Gasteiger partial charge in [0, 0.05) is 48.3 Å². The Morgan fingerprint density at radius 2 is 2.33 bits per heavy atom. The van der Waals surface area contributed by atoms with Crippen LogP contribution < -0.4 is 10.6 Å². The molecule has 1 saturated heterocycles. The second kappa shape index (κ2) is 6.09. The zero-order valence-electron chi connectivity index (χ0n) is 11.7. The molecule has 1 aliphatic heterocycles. The smallest absolute Gasteiger partial charge is 0.261 e. The first kappa shape index (κ1) is 14.4. The Morgan fingerprint density at radius 3 is 3.00 bits per heavy atom. The molecule has 2 N–H and O–H groups in total. The number of carbonyl (C=O) groups excluding carboxylic acids is 1. The van der Waals surface area contributed by atoms with Crippen LogP contribution in [0.4, 0.5) is 4.39 Å². The Balaban J connectivity index is 1.90. The van der Waals surface area contributed by atoms with Gasteiger partial charge in [0.25, 0.3) is 5.91 Å². The largest absolute Gasteiger partial charge is 0.380 e. The highest BCUT2D eigenvalue weighted by Gasteiger charge is 2.22. The topological polar surface area (TPSA) is 50.4 Å². The number of carbonyl (C=O) groups is 1. The molecule has 1 amide bonds. The van der Waals surface area contributed by atoms with E-state index < -0.39 is 0 Å². The summed E-state index contributed by atoms with van der Waals surface area (Å²) in [6.45, 7) is 2.75. The average molecular weight is 308 g/mol. The van der Waals surface area contributed by atoms with Gasteiger partial charge in [0.15, 0.2) is 0 Å². The summed E-state index contributed by atoms with van der Waals surface area (Å²) in [5, 5.41) is 6.60. The molecule has 0 spiro atoms. The van der Waals surface area contributed by atoms with Gasteiger partial charge < -0.3 is 15.4 Å². The molecule has 1 fully saturated rings. The fourth-order valence-electron chi connectivity index (χ4n) is 2.44. The van der Waals surface area contributed by atoms with Crippen LogP contribution in [0.3, 0.4) is 0 Å². The van der Waals surface area contributed by atoms with Gasteiger partial charge in [-0.15, -0.1) is 11.3 Å². The molecule has 1 aromatic carbocycles. The number of hydrogen-bond donors (Lipinski definition) is 2. The zero-order chi connectivity index (χ0) is 14.8. The van der Waals surface area contributed by atoms with Crippen molar-refractivity contribution >= 4 is 27.3 Å². The van der Waals surface area contributed by atoms with E-state index in [2.05, 4.69) is 10.6 Å². The first-order chi connectivity index (χ1) is 10.2. The Bertz CT molecular complexity index is 667. The van der Waals surface area contributed by atoms with Gasteiger partial charge in [0.2, 0.25) is 0 Å². The van der Waals surface area contributed by atoms with Crippen molar-refractivity contribution in [1.29, 1.82) is 0 Å². The summed E-state index contributed by atoms with van der Waals surface area (Å²) in [4.78, 5) is 12.9. The van der Waals surface area contributed by atoms with Crippen LogP contribution in [0.2, 0.25) is 0 Å². The van der Waals surface area contributed by atoms with Crippen molar-refractivity contribution in [3.05, 3.63) is 34.5 Å². The minimum absolute atomic E-state index is 0.144. The Hall–Kier alpha value is -1.50. The summed E-state index contributed by atoms with van der Waals surface area (Å²) >= 11 is 1.32. The third-order valence-corrected chi connectivity index (χ3v) is 4.87. The highest BCUT2D eigenvalue weighted by Crippen LogP contribution is 2.33. The fourth-order valence-corrected chi connectivity index (χ4v) is 3.58. The van der Waals surface area contributed by atoms with E-state index in [4.69, 9.17) is 4.74 Å². The number of nitrogens with one attached hydrogen (secondary N) is 2. The second-order valence-corrected chi connectivity index (χ2v) is 6.24. The second-order valence-electron chi connectivity index (χ2n) is 5.19. The predicted molar refractivity (Wildman–Crippen MR) is 81.2 cm³/mol. The molecular weight excluding hydrogens is 291 g/mol. The molecule has 3 rings (SSSR count). The lowest BCUT2D eigenvalue weighted by Gasteiger charge is -2.27. The molecule has 0 aliphatic carbocycles. The third kappa shape index (κ3) is 2.79. The number of halogens is 1. The molecule has 0 radical (unpaired) electrons. The summed E-state index contributed by atoms with van der Waals surface area (Å²) in [7, 11) is 1.55. The first-order valence-corrected chi connectivity index (χ1v) is 7.70. The van der Waals surface area contributed by atoms with Crippen LogP contribution in [0.15, 0.2) is 18.2 Å². The quantitative estimate of drug-likeness (QED) is 0.890. The predicted octanol–water partition coefficient (Wildman–Crippen LogP) is 2.14. The first-order valence-electron chi connectivity index (χ1n) is 6.88. The van der Waals surface area contributed by atoms with Crippen molar-refractivity contribution in [1.82, 2.24) is 10.6 Å². The third-order valence-electron chi connectivity index (χ3n) is 3.68. The van der Waals surface area contributed by atoms with E-state index in [1.165, 1.54) is 17.4 Å². The number of ether oxygens (including phenoxy) is 1. The molecule has 4 nitrogen and oxygen atoms in total. The lowest BCUT2D eigenvalue weighted by atomic mass is 10.0. The maximum absolute atomic E-state index is 14.0. The standard InChI is InChI=1S/C15H17FN2O2S/c1-20-8-10-13-11(16)3-2-4-12(13)21-14(10)15(19)18-7-9-5-17-6-9/h2-4,9,17H,5-8H2,1H3,(H,18,19). The van der Waals surface area contributed by atoms with E-state index in [1.54, 1.807) is 13.2 Å². The molecule has 6 heteroatoms. The number of benzene rings is 1. The van der Waals surface area contributed by atoms with E-state index in [1.807, 2.05) is 6.07 Å². The summed E-state index contributed by atoms with van der Waals surface area (Å²) in [6.07, 6.45) is 0. The zero-order valence-corrected chi connectivity index (χ0v) is 12.6. The molecule has 0 atom stereocenters. The van der Waals surface area contributed by atoms with Crippen molar-refractivity contribution in [3.63, 3.8) is 0 Å². The van der Waals surface area contributed by atoms with E-state index in [-0.39, 0.29) is 18.3 Å². The van der Waals surface area contributed by atoms with Crippen molar-refractivity contribution in [2.24, 2.45) is 5.92 Å². The van der Waals surface area contributed by atoms with Crippen LogP contribution in [0.5, 0.6) is 0 Å². The highest BCUT2D eigenvalue weighted by atomic mass is 32.1. The molecule has 0 saturated carbocycles. The van der Waals surface area contributed by atoms with E-state index in [0.29, 0.717) is 28.3 Å². The SMILES string of the molecule is COCc1c(C(=O)NCC2CNC2)sc2cccc(F)c12. The van der Waals surface area contributed by atoms with Crippen molar-refractivity contribution in [2.45, 2.75) is 6.61 Å². The Labute approximate surface area is 126 Å². The van der Waals surface area contributed by atoms with Crippen molar-refractivity contribution < 1.29 is 13.9 Å². The van der Waals surface area contributed by atoms with Gasteiger partial charge in [-0.3, -0.25) is 4.79 Å². The summed E-state index contributed by atoms with van der Waals surface area (Å²) in [5.74, 6) is 0.0403. The van der Waals surface area contributed by atoms with Crippen LogP contribution in [-0.2, 0) is 11.3 Å². The van der Waals surface area contributed by atoms with Gasteiger partial charge in [-0.05, 0) is 12.1 Å². The molecule has 112 valence electrons. The number of hydrogen-bond acceptors (Lipinski definition) is 4. The van der Waals surface area contributed by atoms with Gasteiger partial charge in [0.05, 0.1) is 11.5 Å². The van der Waals surface area contributed by atoms with Crippen molar-refractivity contribution in [2.75, 3.05) is 26.7 Å². The molecule has 2 aromatic rings. The van der Waals surface area contributed by atoms with Crippen LogP contribution >= 0.6 is 11.3 Å². The highest BCUT2D eigenvalue weighted by molar-refractivity contribution is 7.21. The number of fused-ring (bicyclic) bond motifs is 1. The molecule has 0 bridgehead atoms. The fraction of sp³-hybridized carbons (Fsp3) is 0.400. The van der Waals surface area contributed by atoms with Crippen LogP contribution in [-0.4, -0.2) is 32.7 Å². The number of rotatable bonds is 5. The molecule has 0 unspecified atom stereocenters. The van der Waals surface area contributed by atoms with Crippen molar-refractivity contribution in [3.8, 4) is 0 Å². The van der Waals surface area contributed by atoms with Gasteiger partial charge in [-0.25, -0.2) is 4.39 Å². The van der Waals surface area contributed by atoms with Gasteiger partial charge in [-0.1, -0.05) is 6.07 Å². The van der Waals surface area contributed by atoms with E-state index in [9.17, 15) is 9.18 Å². The van der Waals surface area contributed by atoms with Gasteiger partial charge in [-0.2, -0.15) is 0 Å². The molecule has 1 aliphatic rings. The van der Waals surface area contributed by atoms with E-state index >= 15 is 0 Å². The molecule has 1 aromatic heterocycles. The Kier molecular flexibility index (Phi) is 4.19. The number of methoxy groups -OCH3 is 1. The maximum atomic E-state index is 14.0.